The molecule has 2 fully saturated rings. The van der Waals surface area contributed by atoms with Gasteiger partial charge in [-0.2, -0.15) is 0 Å². The Bertz CT molecular complexity index is 1160. The van der Waals surface area contributed by atoms with E-state index in [0.717, 1.165) is 38.0 Å². The maximum atomic E-state index is 13.5. The standard InChI is InChI=1S/C27H30N4O3/c1-28-23(32)16-27(34)20-7-2-3-8-21(20)31(26(27)33)19-10-13-30(14-11-19)22-15-18-6-4-5-17-9-12-29-25(22)24(17)18/h2-9,12,18-19,22,24,34H,10-11,13-16H2,1H3,(H,28,32). The Labute approximate surface area is 199 Å². The van der Waals surface area contributed by atoms with E-state index >= 15 is 0 Å². The zero-order chi connectivity index (χ0) is 23.4. The van der Waals surface area contributed by atoms with Crippen molar-refractivity contribution in [3.8, 4) is 0 Å². The number of hydrogen-bond acceptors (Lipinski definition) is 5. The number of allylic oxidation sites excluding steroid dienone is 5. The molecule has 1 aromatic rings. The van der Waals surface area contributed by atoms with Gasteiger partial charge >= 0.3 is 0 Å². The van der Waals surface area contributed by atoms with Crippen molar-refractivity contribution in [1.29, 1.82) is 0 Å². The Hall–Kier alpha value is -3.03. The van der Waals surface area contributed by atoms with E-state index in [9.17, 15) is 14.7 Å². The summed E-state index contributed by atoms with van der Waals surface area (Å²) in [5, 5.41) is 13.9. The summed E-state index contributed by atoms with van der Waals surface area (Å²) in [6.45, 7) is 1.75. The maximum absolute atomic E-state index is 13.5. The van der Waals surface area contributed by atoms with Crippen molar-refractivity contribution in [3.05, 3.63) is 65.9 Å². The largest absolute Gasteiger partial charge is 0.375 e. The first-order valence-electron chi connectivity index (χ1n) is 12.2. The zero-order valence-electron chi connectivity index (χ0n) is 19.4. The number of carbonyl (C=O) groups is 2. The van der Waals surface area contributed by atoms with Gasteiger partial charge in [0.1, 0.15) is 0 Å². The van der Waals surface area contributed by atoms with Crippen LogP contribution in [0.1, 0.15) is 31.2 Å². The fourth-order valence-corrected chi connectivity index (χ4v) is 6.60. The molecule has 176 valence electrons. The lowest BCUT2D eigenvalue weighted by Gasteiger charge is -2.40. The molecule has 2 amide bonds. The van der Waals surface area contributed by atoms with Gasteiger partial charge in [0.15, 0.2) is 5.60 Å². The molecule has 0 bridgehead atoms. The lowest BCUT2D eigenvalue weighted by atomic mass is 9.83. The fraction of sp³-hybridized carbons (Fsp3) is 0.444. The number of piperidine rings is 1. The van der Waals surface area contributed by atoms with E-state index < -0.39 is 5.60 Å². The summed E-state index contributed by atoms with van der Waals surface area (Å²) in [6.07, 6.45) is 13.2. The van der Waals surface area contributed by atoms with Gasteiger partial charge in [0, 0.05) is 55.6 Å². The van der Waals surface area contributed by atoms with E-state index in [4.69, 9.17) is 4.99 Å². The second-order valence-corrected chi connectivity index (χ2v) is 9.98. The van der Waals surface area contributed by atoms with Crippen LogP contribution in [0.2, 0.25) is 0 Å². The predicted octanol–water partition coefficient (Wildman–Crippen LogP) is 2.29. The highest BCUT2D eigenvalue weighted by Crippen LogP contribution is 2.46. The van der Waals surface area contributed by atoms with Crippen molar-refractivity contribution >= 4 is 23.2 Å². The van der Waals surface area contributed by atoms with Crippen molar-refractivity contribution in [2.75, 3.05) is 25.0 Å². The molecule has 4 atom stereocenters. The van der Waals surface area contributed by atoms with Crippen molar-refractivity contribution < 1.29 is 14.7 Å². The highest BCUT2D eigenvalue weighted by Gasteiger charge is 2.53. The molecule has 0 spiro atoms. The average molecular weight is 459 g/mol. The summed E-state index contributed by atoms with van der Waals surface area (Å²) in [5.74, 6) is 0.182. The third-order valence-corrected chi connectivity index (χ3v) is 8.26. The summed E-state index contributed by atoms with van der Waals surface area (Å²) in [7, 11) is 1.52. The molecule has 1 saturated carbocycles. The monoisotopic (exact) mass is 458 g/mol. The minimum Gasteiger partial charge on any atom is -0.375 e. The molecular weight excluding hydrogens is 428 g/mol. The van der Waals surface area contributed by atoms with Gasteiger partial charge < -0.3 is 15.3 Å². The first-order chi connectivity index (χ1) is 16.5. The quantitative estimate of drug-likeness (QED) is 0.725. The van der Waals surface area contributed by atoms with Gasteiger partial charge in [-0.1, -0.05) is 36.4 Å². The second kappa shape index (κ2) is 8.03. The maximum Gasteiger partial charge on any atom is 0.264 e. The molecule has 0 aromatic heterocycles. The van der Waals surface area contributed by atoms with Gasteiger partial charge in [-0.15, -0.1) is 0 Å². The van der Waals surface area contributed by atoms with Crippen LogP contribution in [-0.4, -0.2) is 59.8 Å². The number of likely N-dealkylation sites (tertiary alicyclic amines) is 1. The van der Waals surface area contributed by atoms with Crippen LogP contribution >= 0.6 is 0 Å². The van der Waals surface area contributed by atoms with Gasteiger partial charge in [0.05, 0.1) is 12.1 Å². The Kier molecular flexibility index (Phi) is 5.08. The molecule has 0 radical (unpaired) electrons. The van der Waals surface area contributed by atoms with Crippen molar-refractivity contribution in [2.45, 2.75) is 43.4 Å². The number of benzene rings is 1. The van der Waals surface area contributed by atoms with Crippen LogP contribution in [0, 0.1) is 11.8 Å². The highest BCUT2D eigenvalue weighted by atomic mass is 16.3. The Morgan fingerprint density at radius 3 is 2.85 bits per heavy atom. The van der Waals surface area contributed by atoms with Gasteiger partial charge in [-0.25, -0.2) is 0 Å². The topological polar surface area (TPSA) is 85.2 Å². The molecular formula is C27H30N4O3. The average Bonchev–Trinajstić information content (AvgIpc) is 3.34. The molecule has 1 saturated heterocycles. The summed E-state index contributed by atoms with van der Waals surface area (Å²) < 4.78 is 0. The second-order valence-electron chi connectivity index (χ2n) is 9.98. The van der Waals surface area contributed by atoms with E-state index in [1.54, 1.807) is 11.0 Å². The first-order valence-corrected chi connectivity index (χ1v) is 12.2. The van der Waals surface area contributed by atoms with E-state index in [1.807, 2.05) is 24.4 Å². The van der Waals surface area contributed by atoms with E-state index in [2.05, 4.69) is 34.5 Å². The number of aliphatic hydroxyl groups is 1. The molecule has 2 aliphatic carbocycles. The van der Waals surface area contributed by atoms with Gasteiger partial charge in [0.2, 0.25) is 5.91 Å². The molecule has 1 aromatic carbocycles. The number of hydrogen-bond donors (Lipinski definition) is 2. The predicted molar refractivity (Wildman–Crippen MR) is 130 cm³/mol. The summed E-state index contributed by atoms with van der Waals surface area (Å²) >= 11 is 0. The van der Waals surface area contributed by atoms with Gasteiger partial charge in [-0.05, 0) is 42.9 Å². The van der Waals surface area contributed by atoms with E-state index in [0.29, 0.717) is 23.4 Å². The zero-order valence-corrected chi connectivity index (χ0v) is 19.4. The minimum absolute atomic E-state index is 0.00386. The SMILES string of the molecule is CNC(=O)CC1(O)C(=O)N(C2CCN(C3CC4C=CC=C5C=CN=C3C54)CC2)c2ccccc21. The molecule has 34 heavy (non-hydrogen) atoms. The van der Waals surface area contributed by atoms with Crippen LogP contribution in [0.3, 0.4) is 0 Å². The number of nitrogens with zero attached hydrogens (tertiary/aromatic N) is 3. The molecule has 4 unspecified atom stereocenters. The first kappa shape index (κ1) is 21.5. The summed E-state index contributed by atoms with van der Waals surface area (Å²) in [4.78, 5) is 34.7. The van der Waals surface area contributed by atoms with Crippen LogP contribution in [-0.2, 0) is 15.2 Å². The third kappa shape index (κ3) is 3.14. The van der Waals surface area contributed by atoms with Crippen LogP contribution in [0.15, 0.2) is 65.3 Å². The minimum atomic E-state index is -1.81. The number of para-hydroxylation sites is 1. The van der Waals surface area contributed by atoms with Crippen LogP contribution in [0.4, 0.5) is 5.69 Å². The molecule has 6 rings (SSSR count). The van der Waals surface area contributed by atoms with Crippen LogP contribution in [0.5, 0.6) is 0 Å². The fourth-order valence-electron chi connectivity index (χ4n) is 6.60. The van der Waals surface area contributed by atoms with Crippen molar-refractivity contribution in [1.82, 2.24) is 10.2 Å². The number of fused-ring (bicyclic) bond motifs is 1. The molecule has 7 heteroatoms. The van der Waals surface area contributed by atoms with Crippen molar-refractivity contribution in [3.63, 3.8) is 0 Å². The highest BCUT2D eigenvalue weighted by molar-refractivity contribution is 6.09. The van der Waals surface area contributed by atoms with Gasteiger partial charge in [-0.3, -0.25) is 19.5 Å². The molecule has 7 nitrogen and oxygen atoms in total. The number of rotatable bonds is 4. The lowest BCUT2D eigenvalue weighted by Crippen LogP contribution is -2.53. The van der Waals surface area contributed by atoms with Crippen LogP contribution in [0.25, 0.3) is 0 Å². The molecule has 5 aliphatic rings. The lowest BCUT2D eigenvalue weighted by molar-refractivity contribution is -0.143. The number of nitrogens with one attached hydrogen (secondary N) is 1. The van der Waals surface area contributed by atoms with E-state index in [-0.39, 0.29) is 24.3 Å². The summed E-state index contributed by atoms with van der Waals surface area (Å²) in [5.41, 5.74) is 2.09. The normalized spacial score (nSPS) is 32.4. The molecule has 2 N–H and O–H groups in total. The van der Waals surface area contributed by atoms with E-state index in [1.165, 1.54) is 18.3 Å². The number of amides is 2. The smallest absolute Gasteiger partial charge is 0.264 e. The third-order valence-electron chi connectivity index (χ3n) is 8.26. The Morgan fingerprint density at radius 2 is 2.06 bits per heavy atom. The number of carbonyl (C=O) groups excluding carboxylic acids is 2. The summed E-state index contributed by atoms with van der Waals surface area (Å²) in [6, 6.07) is 7.66. The Balaban J connectivity index is 1.21. The number of anilines is 1. The van der Waals surface area contributed by atoms with Crippen LogP contribution < -0.4 is 10.2 Å². The Morgan fingerprint density at radius 1 is 1.26 bits per heavy atom. The number of aliphatic imine (C=N–C) groups is 1. The molecule has 3 heterocycles. The van der Waals surface area contributed by atoms with Crippen molar-refractivity contribution in [2.24, 2.45) is 16.8 Å². The molecule has 3 aliphatic heterocycles. The van der Waals surface area contributed by atoms with Gasteiger partial charge in [0.25, 0.3) is 5.91 Å².